The molecule has 0 spiro atoms. The van der Waals surface area contributed by atoms with Crippen LogP contribution in [0.25, 0.3) is 0 Å². The van der Waals surface area contributed by atoms with Crippen LogP contribution in [0.1, 0.15) is 24.0 Å². The third-order valence-corrected chi connectivity index (χ3v) is 6.55. The number of halogens is 3. The van der Waals surface area contributed by atoms with Crippen molar-refractivity contribution >= 4 is 50.7 Å². The van der Waals surface area contributed by atoms with Gasteiger partial charge < -0.3 is 4.90 Å². The molecule has 2 aromatic rings. The van der Waals surface area contributed by atoms with Crippen LogP contribution >= 0.6 is 39.1 Å². The Kier molecular flexibility index (Phi) is 5.79. The Morgan fingerprint density at radius 1 is 1.15 bits per heavy atom. The molecule has 0 unspecified atom stereocenters. The number of carbonyl (C=O) groups is 1. The van der Waals surface area contributed by atoms with Crippen LogP contribution in [0, 0.1) is 5.92 Å². The first-order valence-corrected chi connectivity index (χ1v) is 10.8. The van der Waals surface area contributed by atoms with E-state index in [1.54, 1.807) is 6.07 Å². The molecule has 0 radical (unpaired) electrons. The highest BCUT2D eigenvalue weighted by Crippen LogP contribution is 2.33. The highest BCUT2D eigenvalue weighted by molar-refractivity contribution is 9.10. The Morgan fingerprint density at radius 3 is 2.81 bits per heavy atom. The van der Waals surface area contributed by atoms with Gasteiger partial charge in [0.15, 0.2) is 0 Å². The molecule has 1 amide bonds. The average Bonchev–Trinajstić information content (AvgIpc) is 3.06. The van der Waals surface area contributed by atoms with Crippen molar-refractivity contribution in [2.24, 2.45) is 5.92 Å². The molecular weight excluding hydrogens is 447 g/mol. The van der Waals surface area contributed by atoms with Crippen molar-refractivity contribution in [3.05, 3.63) is 62.0 Å². The molecule has 1 atom stereocenters. The number of benzene rings is 2. The summed E-state index contributed by atoms with van der Waals surface area (Å²) in [6, 6.07) is 11.8. The summed E-state index contributed by atoms with van der Waals surface area (Å²) in [5.41, 5.74) is 3.38. The van der Waals surface area contributed by atoms with Crippen LogP contribution in [0.3, 0.4) is 0 Å². The third-order valence-electron chi connectivity index (χ3n) is 5.47. The lowest BCUT2D eigenvalue weighted by Gasteiger charge is -2.34. The Labute approximate surface area is 178 Å². The predicted molar refractivity (Wildman–Crippen MR) is 115 cm³/mol. The van der Waals surface area contributed by atoms with Crippen molar-refractivity contribution in [2.75, 3.05) is 24.5 Å². The summed E-state index contributed by atoms with van der Waals surface area (Å²) in [5, 5.41) is 1.34. The molecule has 2 aliphatic rings. The maximum absolute atomic E-state index is 13.2. The molecule has 0 bridgehead atoms. The van der Waals surface area contributed by atoms with Crippen LogP contribution in [0.15, 0.2) is 40.9 Å². The van der Waals surface area contributed by atoms with E-state index in [-0.39, 0.29) is 11.8 Å². The lowest BCUT2D eigenvalue weighted by molar-refractivity contribution is -0.124. The lowest BCUT2D eigenvalue weighted by atomic mass is 9.96. The van der Waals surface area contributed by atoms with Crippen LogP contribution in [-0.4, -0.2) is 30.4 Å². The minimum absolute atomic E-state index is 0.0411. The summed E-state index contributed by atoms with van der Waals surface area (Å²) in [6.45, 7) is 3.31. The smallest absolute Gasteiger partial charge is 0.231 e. The number of rotatable bonds is 3. The molecule has 2 aliphatic heterocycles. The Hall–Kier alpha value is -1.07. The molecule has 6 heteroatoms. The molecule has 3 nitrogen and oxygen atoms in total. The number of likely N-dealkylation sites (tertiary alicyclic amines) is 1. The van der Waals surface area contributed by atoms with Gasteiger partial charge in [0.2, 0.25) is 5.91 Å². The van der Waals surface area contributed by atoms with Crippen molar-refractivity contribution < 1.29 is 4.79 Å². The maximum Gasteiger partial charge on any atom is 0.231 e. The van der Waals surface area contributed by atoms with Crippen molar-refractivity contribution in [2.45, 2.75) is 25.8 Å². The van der Waals surface area contributed by atoms with Crippen LogP contribution in [0.4, 0.5) is 5.69 Å². The number of carbonyl (C=O) groups excluding carboxylic acids is 1. The van der Waals surface area contributed by atoms with E-state index < -0.39 is 0 Å². The van der Waals surface area contributed by atoms with Crippen LogP contribution < -0.4 is 4.90 Å². The van der Waals surface area contributed by atoms with Crippen LogP contribution in [0.2, 0.25) is 10.0 Å². The summed E-state index contributed by atoms with van der Waals surface area (Å²) in [4.78, 5) is 17.5. The number of piperidine rings is 1. The first kappa shape index (κ1) is 19.3. The van der Waals surface area contributed by atoms with Gasteiger partial charge in [0, 0.05) is 39.8 Å². The van der Waals surface area contributed by atoms with Crippen LogP contribution in [0.5, 0.6) is 0 Å². The fourth-order valence-corrected chi connectivity index (χ4v) is 4.99. The van der Waals surface area contributed by atoms with Gasteiger partial charge in [0.25, 0.3) is 0 Å². The minimum atomic E-state index is 0.0411. The Morgan fingerprint density at radius 2 is 2.00 bits per heavy atom. The second-order valence-corrected chi connectivity index (χ2v) is 9.08. The molecule has 0 N–H and O–H groups in total. The summed E-state index contributed by atoms with van der Waals surface area (Å²) >= 11 is 15.8. The molecule has 2 heterocycles. The third kappa shape index (κ3) is 4.19. The largest absolute Gasteiger partial charge is 0.312 e. The molecule has 4 rings (SSSR count). The van der Waals surface area contributed by atoms with Gasteiger partial charge in [-0.05, 0) is 67.3 Å². The van der Waals surface area contributed by atoms with Crippen molar-refractivity contribution in [3.8, 4) is 0 Å². The topological polar surface area (TPSA) is 23.6 Å². The first-order valence-electron chi connectivity index (χ1n) is 9.27. The zero-order chi connectivity index (χ0) is 19.0. The number of amides is 1. The van der Waals surface area contributed by atoms with Gasteiger partial charge >= 0.3 is 0 Å². The number of nitrogens with zero attached hydrogens (tertiary/aromatic N) is 2. The maximum atomic E-state index is 13.2. The van der Waals surface area contributed by atoms with Gasteiger partial charge in [-0.2, -0.15) is 0 Å². The second-order valence-electron chi connectivity index (χ2n) is 7.32. The quantitative estimate of drug-likeness (QED) is 0.590. The van der Waals surface area contributed by atoms with Gasteiger partial charge in [0.1, 0.15) is 0 Å². The van der Waals surface area contributed by atoms with E-state index in [9.17, 15) is 4.79 Å². The van der Waals surface area contributed by atoms with Crippen LogP contribution in [-0.2, 0) is 17.8 Å². The Balaban J connectivity index is 1.45. The van der Waals surface area contributed by atoms with Gasteiger partial charge in [-0.15, -0.1) is 0 Å². The first-order chi connectivity index (χ1) is 13.0. The molecule has 1 fully saturated rings. The van der Waals surface area contributed by atoms with Crippen molar-refractivity contribution in [1.82, 2.24) is 4.90 Å². The van der Waals surface area contributed by atoms with Gasteiger partial charge in [-0.3, -0.25) is 9.69 Å². The monoisotopic (exact) mass is 466 g/mol. The predicted octanol–water partition coefficient (Wildman–Crippen LogP) is 5.56. The summed E-state index contributed by atoms with van der Waals surface area (Å²) in [5.74, 6) is 0.294. The standard InChI is InChI=1S/C21H21BrCl2N2O/c22-17-4-6-20-14(10-17)7-9-26(20)21(27)16-2-1-8-25(13-16)12-15-3-5-18(23)11-19(15)24/h3-6,10-11,16H,1-2,7-9,12-13H2/t16-/m1/s1. The average molecular weight is 468 g/mol. The molecule has 142 valence electrons. The summed E-state index contributed by atoms with van der Waals surface area (Å²) < 4.78 is 1.07. The number of fused-ring (bicyclic) bond motifs is 1. The molecule has 27 heavy (non-hydrogen) atoms. The second kappa shape index (κ2) is 8.12. The lowest BCUT2D eigenvalue weighted by Crippen LogP contribution is -2.44. The van der Waals surface area contributed by atoms with Crippen molar-refractivity contribution in [1.29, 1.82) is 0 Å². The minimum Gasteiger partial charge on any atom is -0.312 e. The highest BCUT2D eigenvalue weighted by Gasteiger charge is 2.33. The van der Waals surface area contributed by atoms with E-state index in [2.05, 4.69) is 33.0 Å². The Bertz CT molecular complexity index is 873. The van der Waals surface area contributed by atoms with Gasteiger partial charge in [-0.1, -0.05) is 45.2 Å². The fourth-order valence-electron chi connectivity index (χ4n) is 4.11. The molecule has 1 saturated heterocycles. The fraction of sp³-hybridized carbons (Fsp3) is 0.381. The van der Waals surface area contributed by atoms with Gasteiger partial charge in [-0.25, -0.2) is 0 Å². The van der Waals surface area contributed by atoms with E-state index in [4.69, 9.17) is 23.2 Å². The molecule has 0 aromatic heterocycles. The highest BCUT2D eigenvalue weighted by atomic mass is 79.9. The summed E-state index contributed by atoms with van der Waals surface area (Å²) in [7, 11) is 0. The number of hydrogen-bond acceptors (Lipinski definition) is 2. The van der Waals surface area contributed by atoms with E-state index >= 15 is 0 Å². The van der Waals surface area contributed by atoms with E-state index in [1.165, 1.54) is 5.56 Å². The normalized spacial score (nSPS) is 20.0. The molecular formula is C21H21BrCl2N2O. The number of hydrogen-bond donors (Lipinski definition) is 0. The van der Waals surface area contributed by atoms with Gasteiger partial charge in [0.05, 0.1) is 5.92 Å². The van der Waals surface area contributed by atoms with E-state index in [1.807, 2.05) is 23.1 Å². The zero-order valence-electron chi connectivity index (χ0n) is 14.9. The molecule has 0 saturated carbocycles. The van der Waals surface area contributed by atoms with E-state index in [0.717, 1.165) is 61.2 Å². The van der Waals surface area contributed by atoms with Crippen molar-refractivity contribution in [3.63, 3.8) is 0 Å². The molecule has 2 aromatic carbocycles. The summed E-state index contributed by atoms with van der Waals surface area (Å²) in [6.07, 6.45) is 2.91. The number of anilines is 1. The molecule has 0 aliphatic carbocycles. The SMILES string of the molecule is O=C([C@@H]1CCCN(Cc2ccc(Cl)cc2Cl)C1)N1CCc2cc(Br)ccc21. The van der Waals surface area contributed by atoms with E-state index in [0.29, 0.717) is 10.0 Å². The zero-order valence-corrected chi connectivity index (χ0v) is 18.0.